The average molecular weight is 265 g/mol. The molecule has 0 aliphatic rings. The summed E-state index contributed by atoms with van der Waals surface area (Å²) >= 11 is 0. The highest BCUT2D eigenvalue weighted by Gasteiger charge is 2.15. The number of rotatable bonds is 6. The van der Waals surface area contributed by atoms with Gasteiger partial charge in [0, 0.05) is 19.0 Å². The van der Waals surface area contributed by atoms with E-state index in [-0.39, 0.29) is 11.5 Å². The molecule has 0 radical (unpaired) electrons. The molecule has 0 amide bonds. The molecule has 0 fully saturated rings. The summed E-state index contributed by atoms with van der Waals surface area (Å²) in [5.41, 5.74) is 2.19. The molecule has 10 nitrogen and oxygen atoms in total. The molecule has 0 atom stereocenters. The maximum absolute atomic E-state index is 10.8. The third-order valence-corrected chi connectivity index (χ3v) is 2.26. The van der Waals surface area contributed by atoms with Crippen LogP contribution in [0.5, 0.6) is 0 Å². The van der Waals surface area contributed by atoms with E-state index in [9.17, 15) is 10.1 Å². The molecule has 10 heteroatoms. The first-order chi connectivity index (χ1) is 9.20. The van der Waals surface area contributed by atoms with Gasteiger partial charge in [-0.15, -0.1) is 0 Å². The first kappa shape index (κ1) is 12.7. The quantitative estimate of drug-likeness (QED) is 0.381. The minimum atomic E-state index is -0.525. The molecule has 4 N–H and O–H groups in total. The van der Waals surface area contributed by atoms with Crippen molar-refractivity contribution in [2.75, 3.05) is 17.3 Å². The molecule has 0 saturated heterocycles. The largest absolute Gasteiger partial charge is 0.364 e. The molecular formula is C9H11N7O3. The summed E-state index contributed by atoms with van der Waals surface area (Å²) in [4.78, 5) is 18.1. The second-order valence-corrected chi connectivity index (χ2v) is 3.48. The number of nitrogens with zero attached hydrogens (tertiary/aromatic N) is 4. The third kappa shape index (κ3) is 3.13. The number of pyridine rings is 1. The lowest BCUT2D eigenvalue weighted by Crippen LogP contribution is -2.12. The molecule has 2 heterocycles. The van der Waals surface area contributed by atoms with Crippen LogP contribution in [0.2, 0.25) is 0 Å². The molecule has 0 unspecified atom stereocenters. The fourth-order valence-electron chi connectivity index (χ4n) is 1.40. The van der Waals surface area contributed by atoms with Crippen molar-refractivity contribution in [1.29, 1.82) is 0 Å². The molecule has 0 aliphatic heterocycles. The summed E-state index contributed by atoms with van der Waals surface area (Å²) in [7, 11) is 0. The van der Waals surface area contributed by atoms with E-state index in [1.807, 2.05) is 0 Å². The molecule has 2 rings (SSSR count). The molecule has 2 aromatic rings. The van der Waals surface area contributed by atoms with E-state index < -0.39 is 4.92 Å². The van der Waals surface area contributed by atoms with Gasteiger partial charge in [0.05, 0.1) is 4.92 Å². The Balaban J connectivity index is 2.06. The first-order valence-corrected chi connectivity index (χ1v) is 5.32. The summed E-state index contributed by atoms with van der Waals surface area (Å²) in [6, 6.07) is 2.73. The fraction of sp³-hybridized carbons (Fsp3) is 0.222. The summed E-state index contributed by atoms with van der Waals surface area (Å²) in [6.07, 6.45) is 1.72. The van der Waals surface area contributed by atoms with Crippen molar-refractivity contribution in [1.82, 2.24) is 15.1 Å². The van der Waals surface area contributed by atoms with Gasteiger partial charge in [0.2, 0.25) is 11.7 Å². The van der Waals surface area contributed by atoms with Gasteiger partial charge in [-0.1, -0.05) is 5.16 Å². The number of aromatic nitrogens is 3. The zero-order valence-electron chi connectivity index (χ0n) is 9.74. The van der Waals surface area contributed by atoms with Crippen molar-refractivity contribution in [2.24, 2.45) is 5.84 Å². The Bertz CT molecular complexity index is 557. The van der Waals surface area contributed by atoms with Gasteiger partial charge in [-0.05, 0) is 6.07 Å². The second kappa shape index (κ2) is 5.73. The normalized spacial score (nSPS) is 10.2. The maximum Gasteiger partial charge on any atom is 0.311 e. The van der Waals surface area contributed by atoms with Crippen LogP contribution < -0.4 is 16.6 Å². The van der Waals surface area contributed by atoms with Crippen LogP contribution in [0.1, 0.15) is 5.89 Å². The van der Waals surface area contributed by atoms with Crippen LogP contribution in [0.25, 0.3) is 0 Å². The van der Waals surface area contributed by atoms with Crippen LogP contribution in [-0.2, 0) is 6.42 Å². The predicted molar refractivity (Wildman–Crippen MR) is 65.2 cm³/mol. The number of hydrogen-bond acceptors (Lipinski definition) is 9. The Morgan fingerprint density at radius 2 is 2.32 bits per heavy atom. The molecule has 0 aromatic carbocycles. The number of hydrazine groups is 1. The predicted octanol–water partition coefficient (Wildman–Crippen LogP) is 0.313. The van der Waals surface area contributed by atoms with Crippen molar-refractivity contribution in [2.45, 2.75) is 6.42 Å². The van der Waals surface area contributed by atoms with Crippen molar-refractivity contribution < 1.29 is 9.45 Å². The highest BCUT2D eigenvalue weighted by molar-refractivity contribution is 5.59. The minimum absolute atomic E-state index is 0.125. The number of nitrogen functional groups attached to an aromatic ring is 1. The van der Waals surface area contributed by atoms with E-state index in [2.05, 4.69) is 25.9 Å². The lowest BCUT2D eigenvalue weighted by molar-refractivity contribution is -0.384. The molecule has 19 heavy (non-hydrogen) atoms. The summed E-state index contributed by atoms with van der Waals surface area (Å²) in [6.45, 7) is 0.365. The van der Waals surface area contributed by atoms with Crippen LogP contribution >= 0.6 is 0 Å². The number of hydrogen-bond donors (Lipinski definition) is 3. The van der Waals surface area contributed by atoms with Crippen LogP contribution in [0, 0.1) is 10.1 Å². The zero-order valence-corrected chi connectivity index (χ0v) is 9.74. The Morgan fingerprint density at radius 1 is 1.47 bits per heavy atom. The standard InChI is InChI=1S/C9H11N7O3/c10-15-7-2-1-6(16(17)18)9(14-7)11-4-3-8-12-5-13-19-8/h1-2,5H,3-4,10H2,(H2,11,14,15). The topological polar surface area (TPSA) is 145 Å². The molecule has 0 aliphatic carbocycles. The van der Waals surface area contributed by atoms with Crippen LogP contribution in [0.3, 0.4) is 0 Å². The first-order valence-electron chi connectivity index (χ1n) is 5.32. The number of nitrogens with one attached hydrogen (secondary N) is 2. The summed E-state index contributed by atoms with van der Waals surface area (Å²) in [5, 5.41) is 17.1. The Hall–Kier alpha value is -2.75. The number of nitro groups is 1. The van der Waals surface area contributed by atoms with Gasteiger partial charge in [-0.25, -0.2) is 10.8 Å². The fourth-order valence-corrected chi connectivity index (χ4v) is 1.40. The molecule has 0 spiro atoms. The van der Waals surface area contributed by atoms with E-state index in [4.69, 9.17) is 10.4 Å². The molecule has 0 saturated carbocycles. The number of nitrogens with two attached hydrogens (primary N) is 1. The van der Waals surface area contributed by atoms with Gasteiger partial charge in [0.1, 0.15) is 5.82 Å². The second-order valence-electron chi connectivity index (χ2n) is 3.48. The van der Waals surface area contributed by atoms with E-state index in [1.165, 1.54) is 18.5 Å². The minimum Gasteiger partial charge on any atom is -0.364 e. The average Bonchev–Trinajstić information content (AvgIpc) is 2.91. The third-order valence-electron chi connectivity index (χ3n) is 2.26. The highest BCUT2D eigenvalue weighted by atomic mass is 16.6. The molecule has 2 aromatic heterocycles. The van der Waals surface area contributed by atoms with Gasteiger partial charge in [-0.3, -0.25) is 10.1 Å². The monoisotopic (exact) mass is 265 g/mol. The SMILES string of the molecule is NNc1ccc([N+](=O)[O-])c(NCCc2ncno2)n1. The van der Waals surface area contributed by atoms with E-state index in [0.29, 0.717) is 24.7 Å². The van der Waals surface area contributed by atoms with Gasteiger partial charge < -0.3 is 15.3 Å². The van der Waals surface area contributed by atoms with E-state index in [1.54, 1.807) is 0 Å². The van der Waals surface area contributed by atoms with E-state index >= 15 is 0 Å². The Morgan fingerprint density at radius 3 is 2.95 bits per heavy atom. The van der Waals surface area contributed by atoms with Gasteiger partial charge in [0.25, 0.3) is 0 Å². The lowest BCUT2D eigenvalue weighted by Gasteiger charge is -2.06. The summed E-state index contributed by atoms with van der Waals surface area (Å²) < 4.78 is 4.81. The Kier molecular flexibility index (Phi) is 3.83. The van der Waals surface area contributed by atoms with Crippen molar-refractivity contribution in [3.05, 3.63) is 34.5 Å². The molecule has 0 bridgehead atoms. The number of anilines is 2. The van der Waals surface area contributed by atoms with Gasteiger partial charge in [0.15, 0.2) is 6.33 Å². The van der Waals surface area contributed by atoms with Crippen molar-refractivity contribution in [3.63, 3.8) is 0 Å². The van der Waals surface area contributed by atoms with Crippen LogP contribution in [0.4, 0.5) is 17.3 Å². The van der Waals surface area contributed by atoms with Crippen LogP contribution in [-0.4, -0.2) is 26.6 Å². The summed E-state index contributed by atoms with van der Waals surface area (Å²) in [5.74, 6) is 6.09. The maximum atomic E-state index is 10.8. The molecule has 100 valence electrons. The lowest BCUT2D eigenvalue weighted by atomic mass is 10.3. The smallest absolute Gasteiger partial charge is 0.311 e. The van der Waals surface area contributed by atoms with Crippen LogP contribution in [0.15, 0.2) is 23.0 Å². The Labute approximate surface area is 107 Å². The van der Waals surface area contributed by atoms with Gasteiger partial charge in [-0.2, -0.15) is 4.98 Å². The van der Waals surface area contributed by atoms with Gasteiger partial charge >= 0.3 is 5.69 Å². The van der Waals surface area contributed by atoms with E-state index in [0.717, 1.165) is 0 Å². The van der Waals surface area contributed by atoms with Crippen molar-refractivity contribution in [3.8, 4) is 0 Å². The van der Waals surface area contributed by atoms with Crippen molar-refractivity contribution >= 4 is 17.3 Å². The molecular weight excluding hydrogens is 254 g/mol. The zero-order chi connectivity index (χ0) is 13.7. The highest BCUT2D eigenvalue weighted by Crippen LogP contribution is 2.23.